The first-order valence-electron chi connectivity index (χ1n) is 7.73. The molecule has 0 radical (unpaired) electrons. The predicted molar refractivity (Wildman–Crippen MR) is 98.1 cm³/mol. The van der Waals surface area contributed by atoms with E-state index in [1.54, 1.807) is 19.4 Å². The summed E-state index contributed by atoms with van der Waals surface area (Å²) in [6.45, 7) is 0.969. The lowest BCUT2D eigenvalue weighted by molar-refractivity contribution is 0.328. The van der Waals surface area contributed by atoms with Crippen LogP contribution >= 0.6 is 11.8 Å². The third-order valence-electron chi connectivity index (χ3n) is 3.50. The second-order valence-corrected chi connectivity index (χ2v) is 5.87. The Kier molecular flexibility index (Phi) is 5.57. The molecule has 0 saturated carbocycles. The summed E-state index contributed by atoms with van der Waals surface area (Å²) in [6, 6.07) is 11.4. The van der Waals surface area contributed by atoms with Gasteiger partial charge in [0.1, 0.15) is 18.1 Å². The van der Waals surface area contributed by atoms with Gasteiger partial charge in [-0.2, -0.15) is 0 Å². The molecule has 0 aliphatic heterocycles. The van der Waals surface area contributed by atoms with Crippen molar-refractivity contribution in [2.24, 2.45) is 5.73 Å². The first-order chi connectivity index (χ1) is 12.2. The van der Waals surface area contributed by atoms with Gasteiger partial charge >= 0.3 is 0 Å². The fraction of sp³-hybridized carbons (Fsp3) is 0.222. The Morgan fingerprint density at radius 1 is 1.12 bits per heavy atom. The molecule has 0 saturated heterocycles. The standard InChI is InChI=1S/C18H19N3O3S/c1-22-15-8-5-13(11-20-15)16-17(24-18(21-16)25-2)12-3-6-14(7-4-12)23-10-9-19/h3-8,11H,9-10,19H2,1-2H3. The first-order valence-corrected chi connectivity index (χ1v) is 8.96. The van der Waals surface area contributed by atoms with Crippen LogP contribution in [0.2, 0.25) is 0 Å². The topological polar surface area (TPSA) is 83.4 Å². The molecule has 0 aliphatic rings. The highest BCUT2D eigenvalue weighted by Crippen LogP contribution is 2.35. The molecule has 0 atom stereocenters. The van der Waals surface area contributed by atoms with Crippen molar-refractivity contribution < 1.29 is 13.9 Å². The minimum atomic E-state index is 0.482. The van der Waals surface area contributed by atoms with Crippen molar-refractivity contribution >= 4 is 11.8 Å². The average molecular weight is 357 g/mol. The first kappa shape index (κ1) is 17.3. The minimum absolute atomic E-state index is 0.482. The summed E-state index contributed by atoms with van der Waals surface area (Å²) in [5.41, 5.74) is 7.98. The molecule has 3 rings (SSSR count). The van der Waals surface area contributed by atoms with Crippen LogP contribution < -0.4 is 15.2 Å². The summed E-state index contributed by atoms with van der Waals surface area (Å²) in [6.07, 6.45) is 3.65. The monoisotopic (exact) mass is 357 g/mol. The third-order valence-corrected chi connectivity index (χ3v) is 4.03. The fourth-order valence-electron chi connectivity index (χ4n) is 2.30. The quantitative estimate of drug-likeness (QED) is 0.648. The average Bonchev–Trinajstić information content (AvgIpc) is 3.11. The molecule has 0 bridgehead atoms. The SMILES string of the molecule is COc1ccc(-c2nc(SC)oc2-c2ccc(OCCN)cc2)cn1. The zero-order valence-electron chi connectivity index (χ0n) is 14.1. The summed E-state index contributed by atoms with van der Waals surface area (Å²) in [5, 5.41) is 0.601. The number of aromatic nitrogens is 2. The van der Waals surface area contributed by atoms with Gasteiger partial charge in [0, 0.05) is 29.9 Å². The number of benzene rings is 1. The van der Waals surface area contributed by atoms with Crippen LogP contribution in [-0.4, -0.2) is 36.5 Å². The van der Waals surface area contributed by atoms with Crippen LogP contribution in [0.25, 0.3) is 22.6 Å². The molecule has 1 aromatic carbocycles. The zero-order chi connectivity index (χ0) is 17.6. The number of rotatable bonds is 7. The number of ether oxygens (including phenoxy) is 2. The fourth-order valence-corrected chi connectivity index (χ4v) is 2.65. The van der Waals surface area contributed by atoms with Crippen molar-refractivity contribution in [3.63, 3.8) is 0 Å². The van der Waals surface area contributed by atoms with Crippen molar-refractivity contribution in [2.45, 2.75) is 5.22 Å². The molecular weight excluding hydrogens is 338 g/mol. The maximum atomic E-state index is 5.91. The molecule has 2 aromatic heterocycles. The molecule has 2 N–H and O–H groups in total. The molecule has 0 fully saturated rings. The van der Waals surface area contributed by atoms with Gasteiger partial charge in [-0.3, -0.25) is 0 Å². The molecule has 0 aliphatic carbocycles. The summed E-state index contributed by atoms with van der Waals surface area (Å²) >= 11 is 1.45. The van der Waals surface area contributed by atoms with Gasteiger partial charge in [-0.25, -0.2) is 9.97 Å². The molecule has 130 valence electrons. The summed E-state index contributed by atoms with van der Waals surface area (Å²) in [4.78, 5) is 8.82. The largest absolute Gasteiger partial charge is 0.492 e. The zero-order valence-corrected chi connectivity index (χ0v) is 14.9. The maximum absolute atomic E-state index is 5.91. The van der Waals surface area contributed by atoms with Gasteiger partial charge in [-0.05, 0) is 36.6 Å². The minimum Gasteiger partial charge on any atom is -0.492 e. The smallest absolute Gasteiger partial charge is 0.256 e. The van der Waals surface area contributed by atoms with Gasteiger partial charge in [0.25, 0.3) is 5.22 Å². The van der Waals surface area contributed by atoms with Crippen molar-refractivity contribution in [1.82, 2.24) is 9.97 Å². The van der Waals surface area contributed by atoms with Gasteiger partial charge in [0.05, 0.1) is 7.11 Å². The van der Waals surface area contributed by atoms with Gasteiger partial charge in [-0.15, -0.1) is 0 Å². The molecule has 0 unspecified atom stereocenters. The van der Waals surface area contributed by atoms with Crippen LogP contribution in [0.5, 0.6) is 11.6 Å². The number of oxazole rings is 1. The molecule has 0 amide bonds. The van der Waals surface area contributed by atoms with E-state index in [1.807, 2.05) is 36.6 Å². The van der Waals surface area contributed by atoms with E-state index in [4.69, 9.17) is 19.6 Å². The summed E-state index contributed by atoms with van der Waals surface area (Å²) in [7, 11) is 1.59. The van der Waals surface area contributed by atoms with E-state index in [0.29, 0.717) is 30.0 Å². The number of pyridine rings is 1. The van der Waals surface area contributed by atoms with Crippen molar-refractivity contribution in [3.8, 4) is 34.2 Å². The number of methoxy groups -OCH3 is 1. The maximum Gasteiger partial charge on any atom is 0.256 e. The van der Waals surface area contributed by atoms with E-state index in [2.05, 4.69) is 9.97 Å². The molecular formula is C18H19N3O3S. The molecule has 6 nitrogen and oxygen atoms in total. The van der Waals surface area contributed by atoms with E-state index in [-0.39, 0.29) is 0 Å². The Hall–Kier alpha value is -2.51. The van der Waals surface area contributed by atoms with Gasteiger partial charge in [0.15, 0.2) is 5.76 Å². The lowest BCUT2D eigenvalue weighted by atomic mass is 10.1. The van der Waals surface area contributed by atoms with Crippen molar-refractivity contribution in [1.29, 1.82) is 0 Å². The Bertz CT molecular complexity index is 817. The Balaban J connectivity index is 1.96. The van der Waals surface area contributed by atoms with E-state index >= 15 is 0 Å². The summed E-state index contributed by atoms with van der Waals surface area (Å²) < 4.78 is 16.5. The Morgan fingerprint density at radius 3 is 2.48 bits per heavy atom. The predicted octanol–water partition coefficient (Wildman–Crippen LogP) is 3.47. The molecule has 25 heavy (non-hydrogen) atoms. The van der Waals surface area contributed by atoms with Gasteiger partial charge in [0.2, 0.25) is 5.88 Å². The number of nitrogens with zero attached hydrogens (tertiary/aromatic N) is 2. The van der Waals surface area contributed by atoms with Gasteiger partial charge < -0.3 is 19.6 Å². The Morgan fingerprint density at radius 2 is 1.88 bits per heavy atom. The van der Waals surface area contributed by atoms with Crippen LogP contribution in [-0.2, 0) is 0 Å². The molecule has 7 heteroatoms. The highest BCUT2D eigenvalue weighted by atomic mass is 32.2. The molecule has 3 aromatic rings. The summed E-state index contributed by atoms with van der Waals surface area (Å²) in [5.74, 6) is 2.02. The second-order valence-electron chi connectivity index (χ2n) is 5.11. The van der Waals surface area contributed by atoms with E-state index < -0.39 is 0 Å². The lowest BCUT2D eigenvalue weighted by Crippen LogP contribution is -2.10. The van der Waals surface area contributed by atoms with Crippen molar-refractivity contribution in [3.05, 3.63) is 42.6 Å². The highest BCUT2D eigenvalue weighted by Gasteiger charge is 2.17. The number of thioether (sulfide) groups is 1. The van der Waals surface area contributed by atoms with Crippen LogP contribution in [0.3, 0.4) is 0 Å². The van der Waals surface area contributed by atoms with Crippen LogP contribution in [0, 0.1) is 0 Å². The number of hydrogen-bond donors (Lipinski definition) is 1. The highest BCUT2D eigenvalue weighted by molar-refractivity contribution is 7.98. The van der Waals surface area contributed by atoms with Crippen LogP contribution in [0.15, 0.2) is 52.2 Å². The molecule has 2 heterocycles. The van der Waals surface area contributed by atoms with Crippen LogP contribution in [0.1, 0.15) is 0 Å². The Labute approximate surface area is 150 Å². The number of hydrogen-bond acceptors (Lipinski definition) is 7. The lowest BCUT2D eigenvalue weighted by Gasteiger charge is -2.06. The van der Waals surface area contributed by atoms with E-state index in [1.165, 1.54) is 11.8 Å². The van der Waals surface area contributed by atoms with Gasteiger partial charge in [-0.1, -0.05) is 11.8 Å². The third kappa shape index (κ3) is 3.94. The number of nitrogens with two attached hydrogens (primary N) is 1. The molecule has 0 spiro atoms. The van der Waals surface area contributed by atoms with Crippen molar-refractivity contribution in [2.75, 3.05) is 26.5 Å². The normalized spacial score (nSPS) is 10.7. The van der Waals surface area contributed by atoms with Crippen LogP contribution in [0.4, 0.5) is 0 Å². The van der Waals surface area contributed by atoms with E-state index in [9.17, 15) is 0 Å². The van der Waals surface area contributed by atoms with E-state index in [0.717, 1.165) is 22.6 Å². The second kappa shape index (κ2) is 8.04.